The van der Waals surface area contributed by atoms with Crippen molar-refractivity contribution in [2.75, 3.05) is 33.7 Å². The van der Waals surface area contributed by atoms with E-state index in [-0.39, 0.29) is 11.8 Å². The van der Waals surface area contributed by atoms with Crippen LogP contribution in [0.15, 0.2) is 12.7 Å². The number of nitrogens with zero attached hydrogens (tertiary/aromatic N) is 2. The minimum atomic E-state index is 0.0664. The molecule has 0 saturated carbocycles. The van der Waals surface area contributed by atoms with E-state index in [1.165, 1.54) is 0 Å². The SMILES string of the molecule is C=CCC(=O)C1CN(C)CCN1C. The van der Waals surface area contributed by atoms with Crippen molar-refractivity contribution < 1.29 is 4.79 Å². The summed E-state index contributed by atoms with van der Waals surface area (Å²) in [5.41, 5.74) is 0. The topological polar surface area (TPSA) is 23.6 Å². The van der Waals surface area contributed by atoms with Gasteiger partial charge in [-0.15, -0.1) is 6.58 Å². The van der Waals surface area contributed by atoms with E-state index in [0.717, 1.165) is 19.6 Å². The van der Waals surface area contributed by atoms with Crippen LogP contribution >= 0.6 is 0 Å². The van der Waals surface area contributed by atoms with E-state index in [1.54, 1.807) is 6.08 Å². The van der Waals surface area contributed by atoms with E-state index < -0.39 is 0 Å². The third kappa shape index (κ3) is 2.64. The van der Waals surface area contributed by atoms with Crippen LogP contribution in [0.2, 0.25) is 0 Å². The smallest absolute Gasteiger partial charge is 0.154 e. The minimum absolute atomic E-state index is 0.0664. The predicted octanol–water partition coefficient (Wildman–Crippen LogP) is 0.377. The Balaban J connectivity index is 2.54. The van der Waals surface area contributed by atoms with E-state index in [2.05, 4.69) is 23.4 Å². The van der Waals surface area contributed by atoms with Gasteiger partial charge in [-0.1, -0.05) is 6.08 Å². The fraction of sp³-hybridized carbons (Fsp3) is 0.700. The molecule has 74 valence electrons. The van der Waals surface area contributed by atoms with Crippen LogP contribution in [-0.4, -0.2) is 55.4 Å². The Labute approximate surface area is 80.0 Å². The van der Waals surface area contributed by atoms with Crippen molar-refractivity contribution in [3.63, 3.8) is 0 Å². The van der Waals surface area contributed by atoms with Gasteiger partial charge in [0.15, 0.2) is 5.78 Å². The number of allylic oxidation sites excluding steroid dienone is 1. The van der Waals surface area contributed by atoms with Gasteiger partial charge in [0.25, 0.3) is 0 Å². The van der Waals surface area contributed by atoms with Gasteiger partial charge in [0.05, 0.1) is 6.04 Å². The van der Waals surface area contributed by atoms with Crippen LogP contribution in [0.4, 0.5) is 0 Å². The average molecular weight is 182 g/mol. The summed E-state index contributed by atoms with van der Waals surface area (Å²) in [5.74, 6) is 0.282. The second-order valence-electron chi connectivity index (χ2n) is 3.72. The molecule has 0 spiro atoms. The maximum atomic E-state index is 11.6. The molecule has 1 atom stereocenters. The van der Waals surface area contributed by atoms with E-state index in [0.29, 0.717) is 6.42 Å². The fourth-order valence-electron chi connectivity index (χ4n) is 1.64. The highest BCUT2D eigenvalue weighted by Crippen LogP contribution is 2.08. The second kappa shape index (κ2) is 4.53. The molecule has 3 heteroatoms. The highest BCUT2D eigenvalue weighted by Gasteiger charge is 2.26. The lowest BCUT2D eigenvalue weighted by Crippen LogP contribution is -2.53. The number of hydrogen-bond donors (Lipinski definition) is 0. The Morgan fingerprint density at radius 2 is 2.23 bits per heavy atom. The van der Waals surface area contributed by atoms with Crippen molar-refractivity contribution in [3.05, 3.63) is 12.7 Å². The molecule has 3 nitrogen and oxygen atoms in total. The number of Topliss-reactive ketones (excluding diaryl/α,β-unsaturated/α-hetero) is 1. The molecule has 0 aromatic heterocycles. The summed E-state index contributed by atoms with van der Waals surface area (Å²) in [6.45, 7) is 6.46. The molecule has 1 heterocycles. The van der Waals surface area contributed by atoms with Gasteiger partial charge in [0.2, 0.25) is 0 Å². The number of carbonyl (C=O) groups is 1. The van der Waals surface area contributed by atoms with E-state index >= 15 is 0 Å². The molecule has 0 N–H and O–H groups in total. The van der Waals surface area contributed by atoms with E-state index in [9.17, 15) is 4.79 Å². The molecule has 1 unspecified atom stereocenters. The Bertz CT molecular complexity index is 203. The van der Waals surface area contributed by atoms with Gasteiger partial charge in [-0.05, 0) is 14.1 Å². The van der Waals surface area contributed by atoms with Crippen molar-refractivity contribution in [2.45, 2.75) is 12.5 Å². The minimum Gasteiger partial charge on any atom is -0.303 e. The first-order valence-electron chi connectivity index (χ1n) is 4.67. The maximum Gasteiger partial charge on any atom is 0.154 e. The number of piperazine rings is 1. The molecular weight excluding hydrogens is 164 g/mol. The van der Waals surface area contributed by atoms with Gasteiger partial charge in [-0.2, -0.15) is 0 Å². The molecule has 0 bridgehead atoms. The van der Waals surface area contributed by atoms with Gasteiger partial charge >= 0.3 is 0 Å². The first-order valence-corrected chi connectivity index (χ1v) is 4.67. The largest absolute Gasteiger partial charge is 0.303 e. The maximum absolute atomic E-state index is 11.6. The zero-order valence-electron chi connectivity index (χ0n) is 8.49. The molecule has 1 aliphatic rings. The Kier molecular flexibility index (Phi) is 3.63. The second-order valence-corrected chi connectivity index (χ2v) is 3.72. The van der Waals surface area contributed by atoms with Crippen LogP contribution in [-0.2, 0) is 4.79 Å². The zero-order valence-corrected chi connectivity index (χ0v) is 8.49. The summed E-state index contributed by atoms with van der Waals surface area (Å²) in [5, 5.41) is 0. The number of hydrogen-bond acceptors (Lipinski definition) is 3. The third-order valence-corrected chi connectivity index (χ3v) is 2.57. The van der Waals surface area contributed by atoms with Crippen LogP contribution < -0.4 is 0 Å². The Morgan fingerprint density at radius 3 is 2.85 bits per heavy atom. The average Bonchev–Trinajstić information content (AvgIpc) is 2.09. The highest BCUT2D eigenvalue weighted by molar-refractivity contribution is 5.85. The Morgan fingerprint density at radius 1 is 1.54 bits per heavy atom. The summed E-state index contributed by atoms with van der Waals surface area (Å²) in [4.78, 5) is 15.9. The Hall–Kier alpha value is -0.670. The quantitative estimate of drug-likeness (QED) is 0.589. The van der Waals surface area contributed by atoms with E-state index in [1.807, 2.05) is 7.05 Å². The van der Waals surface area contributed by atoms with E-state index in [4.69, 9.17) is 0 Å². The molecular formula is C10H18N2O. The summed E-state index contributed by atoms with van der Waals surface area (Å²) < 4.78 is 0. The first-order chi connectivity index (χ1) is 6.15. The zero-order chi connectivity index (χ0) is 9.84. The van der Waals surface area contributed by atoms with Gasteiger partial charge in [0.1, 0.15) is 0 Å². The molecule has 0 aromatic carbocycles. The third-order valence-electron chi connectivity index (χ3n) is 2.57. The lowest BCUT2D eigenvalue weighted by Gasteiger charge is -2.36. The molecule has 0 amide bonds. The molecule has 0 aromatic rings. The molecule has 13 heavy (non-hydrogen) atoms. The van der Waals surface area contributed by atoms with Crippen molar-refractivity contribution in [1.29, 1.82) is 0 Å². The molecule has 1 saturated heterocycles. The van der Waals surface area contributed by atoms with Crippen molar-refractivity contribution >= 4 is 5.78 Å². The van der Waals surface area contributed by atoms with Gasteiger partial charge in [0, 0.05) is 26.1 Å². The number of carbonyl (C=O) groups excluding carboxylic acids is 1. The van der Waals surface area contributed by atoms with Crippen LogP contribution in [0, 0.1) is 0 Å². The van der Waals surface area contributed by atoms with Gasteiger partial charge in [-0.25, -0.2) is 0 Å². The number of rotatable bonds is 3. The summed E-state index contributed by atoms with van der Waals surface area (Å²) in [7, 11) is 4.07. The number of ketones is 1. The normalized spacial score (nSPS) is 25.8. The number of likely N-dealkylation sites (N-methyl/N-ethyl adjacent to an activating group) is 2. The molecule has 0 aliphatic carbocycles. The van der Waals surface area contributed by atoms with Crippen molar-refractivity contribution in [2.24, 2.45) is 0 Å². The fourth-order valence-corrected chi connectivity index (χ4v) is 1.64. The lowest BCUT2D eigenvalue weighted by molar-refractivity contribution is -0.124. The molecule has 0 radical (unpaired) electrons. The lowest BCUT2D eigenvalue weighted by atomic mass is 10.1. The summed E-state index contributed by atoms with van der Waals surface area (Å²) in [6, 6.07) is 0.0664. The highest BCUT2D eigenvalue weighted by atomic mass is 16.1. The van der Waals surface area contributed by atoms with Crippen LogP contribution in [0.25, 0.3) is 0 Å². The monoisotopic (exact) mass is 182 g/mol. The van der Waals surface area contributed by atoms with Gasteiger partial charge < -0.3 is 4.90 Å². The summed E-state index contributed by atoms with van der Waals surface area (Å²) in [6.07, 6.45) is 2.17. The van der Waals surface area contributed by atoms with Crippen LogP contribution in [0.5, 0.6) is 0 Å². The van der Waals surface area contributed by atoms with Gasteiger partial charge in [-0.3, -0.25) is 9.69 Å². The van der Waals surface area contributed by atoms with Crippen molar-refractivity contribution in [3.8, 4) is 0 Å². The van der Waals surface area contributed by atoms with Crippen LogP contribution in [0.3, 0.4) is 0 Å². The molecule has 1 fully saturated rings. The standard InChI is InChI=1S/C10H18N2O/c1-4-5-10(13)9-8-11(2)6-7-12(9)3/h4,9H,1,5-8H2,2-3H3. The summed E-state index contributed by atoms with van der Waals surface area (Å²) >= 11 is 0. The first kappa shape index (κ1) is 10.4. The predicted molar refractivity (Wildman–Crippen MR) is 53.7 cm³/mol. The molecule has 1 rings (SSSR count). The van der Waals surface area contributed by atoms with Crippen molar-refractivity contribution in [1.82, 2.24) is 9.80 Å². The van der Waals surface area contributed by atoms with Crippen LogP contribution in [0.1, 0.15) is 6.42 Å². The molecule has 1 aliphatic heterocycles.